The molecular formula is C16H7O7. The molecule has 2 aliphatic heterocycles. The van der Waals surface area contributed by atoms with Gasteiger partial charge in [0.05, 0.1) is 22.6 Å². The van der Waals surface area contributed by atoms with Crippen LogP contribution in [0.1, 0.15) is 20.7 Å². The van der Waals surface area contributed by atoms with Gasteiger partial charge in [0.15, 0.2) is 0 Å². The van der Waals surface area contributed by atoms with Crippen molar-refractivity contribution in [3.05, 3.63) is 59.2 Å². The van der Waals surface area contributed by atoms with Crippen LogP contribution in [0, 0.1) is 12.3 Å². The second-order valence-electron chi connectivity index (χ2n) is 5.03. The highest BCUT2D eigenvalue weighted by atomic mass is 16.6. The molecule has 113 valence electrons. The van der Waals surface area contributed by atoms with E-state index in [1.54, 1.807) is 0 Å². The number of fused-ring (bicyclic) bond motifs is 2. The Labute approximate surface area is 129 Å². The summed E-state index contributed by atoms with van der Waals surface area (Å²) in [5.41, 5.74) is 0.493. The van der Waals surface area contributed by atoms with Gasteiger partial charge in [0.2, 0.25) is 0 Å². The van der Waals surface area contributed by atoms with Gasteiger partial charge in [-0.05, 0) is 30.4 Å². The molecule has 23 heavy (non-hydrogen) atoms. The molecule has 0 aromatic heterocycles. The Balaban J connectivity index is 1.61. The highest BCUT2D eigenvalue weighted by molar-refractivity contribution is 6.14. The fourth-order valence-corrected chi connectivity index (χ4v) is 2.52. The van der Waals surface area contributed by atoms with Gasteiger partial charge in [0.25, 0.3) is 0 Å². The first kappa shape index (κ1) is 13.4. The number of hydrogen-bond acceptors (Lipinski definition) is 7. The molecule has 1 aromatic carbocycles. The third kappa shape index (κ3) is 2.05. The lowest BCUT2D eigenvalue weighted by Gasteiger charge is -2.13. The van der Waals surface area contributed by atoms with Crippen LogP contribution in [0.25, 0.3) is 0 Å². The summed E-state index contributed by atoms with van der Waals surface area (Å²) in [6.07, 6.45) is 4.45. The Kier molecular flexibility index (Phi) is 2.71. The van der Waals surface area contributed by atoms with Crippen molar-refractivity contribution in [2.24, 2.45) is 5.92 Å². The predicted molar refractivity (Wildman–Crippen MR) is 71.9 cm³/mol. The molecule has 2 heterocycles. The summed E-state index contributed by atoms with van der Waals surface area (Å²) in [5.74, 6) is -2.85. The van der Waals surface area contributed by atoms with Gasteiger partial charge < -0.3 is 14.2 Å². The minimum absolute atomic E-state index is 0.119. The van der Waals surface area contributed by atoms with Crippen molar-refractivity contribution in [1.82, 2.24) is 0 Å². The van der Waals surface area contributed by atoms with E-state index in [-0.39, 0.29) is 16.7 Å². The van der Waals surface area contributed by atoms with Gasteiger partial charge in [-0.3, -0.25) is 4.79 Å². The summed E-state index contributed by atoms with van der Waals surface area (Å²) in [5, 5.41) is 0. The van der Waals surface area contributed by atoms with Crippen molar-refractivity contribution in [3.8, 4) is 5.75 Å². The molecule has 1 unspecified atom stereocenters. The zero-order valence-electron chi connectivity index (χ0n) is 11.4. The number of carbonyl (C=O) groups excluding carboxylic acids is 4. The molecule has 1 saturated heterocycles. The first-order valence-electron chi connectivity index (χ1n) is 6.64. The maximum atomic E-state index is 11.5. The summed E-state index contributed by atoms with van der Waals surface area (Å²) < 4.78 is 14.6. The molecule has 3 aliphatic rings. The lowest BCUT2D eigenvalue weighted by molar-refractivity contribution is -0.152. The smallest absolute Gasteiger partial charge is 0.347 e. The van der Waals surface area contributed by atoms with Gasteiger partial charge in [-0.1, -0.05) is 0 Å². The number of cyclic esters (lactones) is 4. The summed E-state index contributed by atoms with van der Waals surface area (Å²) in [7, 11) is 0. The number of carbonyl (C=O) groups is 4. The van der Waals surface area contributed by atoms with Gasteiger partial charge in [-0.15, -0.1) is 0 Å². The van der Waals surface area contributed by atoms with Crippen molar-refractivity contribution in [2.45, 2.75) is 0 Å². The average Bonchev–Trinajstić information content (AvgIpc) is 2.96. The normalized spacial score (nSPS) is 22.0. The largest absolute Gasteiger partial charge is 0.458 e. The highest BCUT2D eigenvalue weighted by Gasteiger charge is 2.40. The number of rotatable bonds is 2. The number of benzene rings is 1. The van der Waals surface area contributed by atoms with E-state index in [1.807, 2.05) is 0 Å². The summed E-state index contributed by atoms with van der Waals surface area (Å²) in [6.45, 7) is 0. The Hall–Kier alpha value is -3.22. The number of allylic oxidation sites excluding steroid dienone is 2. The van der Waals surface area contributed by atoms with Crippen LogP contribution in [0.3, 0.4) is 0 Å². The molecule has 4 rings (SSSR count). The van der Waals surface area contributed by atoms with Crippen LogP contribution in [0.2, 0.25) is 0 Å². The topological polar surface area (TPSA) is 96.0 Å². The SMILES string of the molecule is O=C1OC(=O)C2[CH]C=C(Oc3ccc4c(c3)C(=O)OC4=O)C=C12. The van der Waals surface area contributed by atoms with Crippen LogP contribution < -0.4 is 4.74 Å². The van der Waals surface area contributed by atoms with Crippen LogP contribution in [-0.2, 0) is 19.1 Å². The Morgan fingerprint density at radius 2 is 1.70 bits per heavy atom. The molecule has 0 bridgehead atoms. The lowest BCUT2D eigenvalue weighted by atomic mass is 9.93. The fraction of sp³-hybridized carbons (Fsp3) is 0.0625. The third-order valence-corrected chi connectivity index (χ3v) is 3.62. The molecule has 1 aromatic rings. The predicted octanol–water partition coefficient (Wildman–Crippen LogP) is 1.10. The van der Waals surface area contributed by atoms with E-state index in [4.69, 9.17) is 4.74 Å². The molecular weight excluding hydrogens is 304 g/mol. The van der Waals surface area contributed by atoms with E-state index in [9.17, 15) is 19.2 Å². The zero-order valence-corrected chi connectivity index (χ0v) is 11.4. The second kappa shape index (κ2) is 4.64. The molecule has 1 radical (unpaired) electrons. The van der Waals surface area contributed by atoms with Gasteiger partial charge >= 0.3 is 23.9 Å². The Bertz CT molecular complexity index is 859. The molecule has 0 spiro atoms. The molecule has 0 N–H and O–H groups in total. The molecule has 7 heteroatoms. The van der Waals surface area contributed by atoms with Crippen LogP contribution in [-0.4, -0.2) is 23.9 Å². The zero-order chi connectivity index (χ0) is 16.1. The number of hydrogen-bond donors (Lipinski definition) is 0. The van der Waals surface area contributed by atoms with E-state index in [1.165, 1.54) is 36.8 Å². The fourth-order valence-electron chi connectivity index (χ4n) is 2.52. The molecule has 0 amide bonds. The lowest BCUT2D eigenvalue weighted by Crippen LogP contribution is -2.13. The van der Waals surface area contributed by atoms with E-state index in [0.717, 1.165) is 0 Å². The minimum Gasteiger partial charge on any atom is -0.458 e. The number of esters is 4. The number of ether oxygens (including phenoxy) is 3. The maximum absolute atomic E-state index is 11.5. The first-order valence-corrected chi connectivity index (χ1v) is 6.64. The average molecular weight is 311 g/mol. The van der Waals surface area contributed by atoms with Crippen LogP contribution in [0.5, 0.6) is 5.75 Å². The monoisotopic (exact) mass is 311 g/mol. The van der Waals surface area contributed by atoms with E-state index >= 15 is 0 Å². The van der Waals surface area contributed by atoms with E-state index < -0.39 is 29.8 Å². The Morgan fingerprint density at radius 3 is 2.52 bits per heavy atom. The maximum Gasteiger partial charge on any atom is 0.347 e. The molecule has 7 nitrogen and oxygen atoms in total. The first-order chi connectivity index (χ1) is 11.0. The van der Waals surface area contributed by atoms with Crippen LogP contribution >= 0.6 is 0 Å². The summed E-state index contributed by atoms with van der Waals surface area (Å²) in [6, 6.07) is 4.31. The molecule has 0 saturated carbocycles. The van der Waals surface area contributed by atoms with Gasteiger partial charge in [0, 0.05) is 6.42 Å². The summed E-state index contributed by atoms with van der Waals surface area (Å²) >= 11 is 0. The van der Waals surface area contributed by atoms with E-state index in [0.29, 0.717) is 11.5 Å². The highest BCUT2D eigenvalue weighted by Crippen LogP contribution is 2.32. The van der Waals surface area contributed by atoms with Crippen LogP contribution in [0.4, 0.5) is 0 Å². The minimum atomic E-state index is -0.733. The molecule has 1 fully saturated rings. The van der Waals surface area contributed by atoms with Crippen molar-refractivity contribution in [2.75, 3.05) is 0 Å². The van der Waals surface area contributed by atoms with Crippen molar-refractivity contribution in [3.63, 3.8) is 0 Å². The van der Waals surface area contributed by atoms with Gasteiger partial charge in [0.1, 0.15) is 11.5 Å². The molecule has 1 aliphatic carbocycles. The summed E-state index contributed by atoms with van der Waals surface area (Å²) in [4.78, 5) is 45.8. The van der Waals surface area contributed by atoms with Gasteiger partial charge in [-0.25, -0.2) is 14.4 Å². The van der Waals surface area contributed by atoms with Crippen molar-refractivity contribution in [1.29, 1.82) is 0 Å². The second-order valence-corrected chi connectivity index (χ2v) is 5.03. The standard InChI is InChI=1S/C16H7O7/c17-13-9-3-1-7(5-11(9)15(19)22-13)21-8-2-4-10-12(6-8)16(20)23-14(10)18/h1-6,9H. The third-order valence-electron chi connectivity index (χ3n) is 3.62. The van der Waals surface area contributed by atoms with Crippen LogP contribution in [0.15, 0.2) is 41.7 Å². The Morgan fingerprint density at radius 1 is 0.913 bits per heavy atom. The van der Waals surface area contributed by atoms with Crippen molar-refractivity contribution >= 4 is 23.9 Å². The van der Waals surface area contributed by atoms with Gasteiger partial charge in [-0.2, -0.15) is 0 Å². The van der Waals surface area contributed by atoms with Crippen molar-refractivity contribution < 1.29 is 33.4 Å². The quantitative estimate of drug-likeness (QED) is 0.596. The molecule has 1 atom stereocenters. The van der Waals surface area contributed by atoms with E-state index in [2.05, 4.69) is 9.47 Å².